The van der Waals surface area contributed by atoms with Crippen molar-refractivity contribution in [2.24, 2.45) is 11.8 Å². The summed E-state index contributed by atoms with van der Waals surface area (Å²) >= 11 is 0. The molecule has 1 amide bonds. The Kier molecular flexibility index (Phi) is 6.42. The summed E-state index contributed by atoms with van der Waals surface area (Å²) in [5.74, 6) is -0.628. The molecule has 3 N–H and O–H groups in total. The average molecular weight is 286 g/mol. The summed E-state index contributed by atoms with van der Waals surface area (Å²) in [6.07, 6.45) is 0.871. The quantitative estimate of drug-likeness (QED) is 0.578. The second-order valence-corrected chi connectivity index (χ2v) is 6.24. The van der Waals surface area contributed by atoms with Gasteiger partial charge in [0.05, 0.1) is 5.60 Å². The zero-order valence-electron chi connectivity index (χ0n) is 12.6. The van der Waals surface area contributed by atoms with E-state index in [-0.39, 0.29) is 30.5 Å². The summed E-state index contributed by atoms with van der Waals surface area (Å²) in [6, 6.07) is 0. The fourth-order valence-electron chi connectivity index (χ4n) is 2.28. The zero-order chi connectivity index (χ0) is 15.2. The van der Waals surface area contributed by atoms with E-state index < -0.39 is 5.97 Å². The minimum absolute atomic E-state index is 0.0274. The molecule has 1 atom stereocenters. The molecule has 0 unspecified atom stereocenters. The van der Waals surface area contributed by atoms with Crippen molar-refractivity contribution in [3.8, 4) is 0 Å². The Labute approximate surface area is 120 Å². The smallest absolute Gasteiger partial charge is 0.303 e. The van der Waals surface area contributed by atoms with Crippen molar-refractivity contribution in [3.63, 3.8) is 0 Å². The van der Waals surface area contributed by atoms with Gasteiger partial charge in [-0.25, -0.2) is 0 Å². The van der Waals surface area contributed by atoms with E-state index in [0.717, 1.165) is 19.5 Å². The molecule has 0 aromatic rings. The first kappa shape index (κ1) is 16.9. The lowest BCUT2D eigenvalue weighted by molar-refractivity contribution is -0.139. The van der Waals surface area contributed by atoms with Gasteiger partial charge in [-0.3, -0.25) is 9.59 Å². The lowest BCUT2D eigenvalue weighted by Crippen LogP contribution is -2.59. The highest BCUT2D eigenvalue weighted by molar-refractivity contribution is 5.77. The van der Waals surface area contributed by atoms with Crippen molar-refractivity contribution < 1.29 is 19.4 Å². The zero-order valence-corrected chi connectivity index (χ0v) is 12.6. The number of nitrogens with one attached hydrogen (secondary N) is 2. The molecule has 116 valence electrons. The molecule has 0 aromatic heterocycles. The molecule has 1 aliphatic rings. The first-order valence-corrected chi connectivity index (χ1v) is 7.14. The van der Waals surface area contributed by atoms with Crippen molar-refractivity contribution >= 4 is 11.9 Å². The van der Waals surface area contributed by atoms with Crippen LogP contribution in [0.3, 0.4) is 0 Å². The molecule has 0 aliphatic carbocycles. The number of amides is 1. The lowest BCUT2D eigenvalue weighted by atomic mass is 9.94. The van der Waals surface area contributed by atoms with Crippen molar-refractivity contribution in [2.75, 3.05) is 26.2 Å². The number of hydrogen-bond acceptors (Lipinski definition) is 4. The van der Waals surface area contributed by atoms with E-state index in [2.05, 4.69) is 10.6 Å². The molecule has 1 saturated heterocycles. The number of hydrogen-bond donors (Lipinski definition) is 3. The molecule has 6 nitrogen and oxygen atoms in total. The summed E-state index contributed by atoms with van der Waals surface area (Å²) in [6.45, 7) is 7.99. The van der Waals surface area contributed by atoms with Crippen LogP contribution in [0.5, 0.6) is 0 Å². The maximum absolute atomic E-state index is 11.7. The highest BCUT2D eigenvalue weighted by atomic mass is 16.5. The normalized spacial score (nSPS) is 18.4. The van der Waals surface area contributed by atoms with Gasteiger partial charge in [0, 0.05) is 26.1 Å². The third-order valence-electron chi connectivity index (χ3n) is 3.41. The third-order valence-corrected chi connectivity index (χ3v) is 3.41. The van der Waals surface area contributed by atoms with Gasteiger partial charge in [-0.05, 0) is 25.2 Å². The highest BCUT2D eigenvalue weighted by Gasteiger charge is 2.33. The van der Waals surface area contributed by atoms with Crippen LogP contribution in [0.4, 0.5) is 0 Å². The number of carbonyl (C=O) groups excluding carboxylic acids is 1. The van der Waals surface area contributed by atoms with Gasteiger partial charge in [-0.2, -0.15) is 0 Å². The van der Waals surface area contributed by atoms with Gasteiger partial charge in [0.2, 0.25) is 5.91 Å². The minimum Gasteiger partial charge on any atom is -0.481 e. The summed E-state index contributed by atoms with van der Waals surface area (Å²) in [5, 5.41) is 14.7. The molecule has 0 saturated carbocycles. The second-order valence-electron chi connectivity index (χ2n) is 6.24. The van der Waals surface area contributed by atoms with Crippen LogP contribution in [-0.2, 0) is 14.3 Å². The molecule has 1 heterocycles. The fourth-order valence-corrected chi connectivity index (χ4v) is 2.28. The standard InChI is InChI=1S/C14H26N2O4/c1-10(2)4-11(5-13(18)19)6-16-12(17)7-20-14(3)8-15-9-14/h10-11,15H,4-9H2,1-3H3,(H,16,17)(H,18,19)/t11-/m0/s1. The van der Waals surface area contributed by atoms with Crippen molar-refractivity contribution in [1.29, 1.82) is 0 Å². The van der Waals surface area contributed by atoms with E-state index >= 15 is 0 Å². The van der Waals surface area contributed by atoms with Gasteiger partial charge in [0.25, 0.3) is 0 Å². The fraction of sp³-hybridized carbons (Fsp3) is 0.857. The Bertz CT molecular complexity index is 340. The van der Waals surface area contributed by atoms with Crippen LogP contribution < -0.4 is 10.6 Å². The van der Waals surface area contributed by atoms with Gasteiger partial charge >= 0.3 is 5.97 Å². The van der Waals surface area contributed by atoms with Crippen LogP contribution in [0.15, 0.2) is 0 Å². The van der Waals surface area contributed by atoms with Gasteiger partial charge in [-0.1, -0.05) is 13.8 Å². The Morgan fingerprint density at radius 2 is 2.05 bits per heavy atom. The minimum atomic E-state index is -0.825. The number of aliphatic carboxylic acids is 1. The van der Waals surface area contributed by atoms with Gasteiger partial charge in [0.1, 0.15) is 6.61 Å². The topological polar surface area (TPSA) is 87.7 Å². The number of carbonyl (C=O) groups is 2. The van der Waals surface area contributed by atoms with Crippen LogP contribution >= 0.6 is 0 Å². The number of carboxylic acids is 1. The number of ether oxygens (including phenoxy) is 1. The monoisotopic (exact) mass is 286 g/mol. The number of rotatable bonds is 9. The van der Waals surface area contributed by atoms with Gasteiger partial charge < -0.3 is 20.5 Å². The van der Waals surface area contributed by atoms with Crippen molar-refractivity contribution in [2.45, 2.75) is 39.2 Å². The average Bonchev–Trinajstić information content (AvgIpc) is 2.29. The molecule has 0 spiro atoms. The van der Waals surface area contributed by atoms with Crippen LogP contribution in [0.25, 0.3) is 0 Å². The summed E-state index contributed by atoms with van der Waals surface area (Å²) in [4.78, 5) is 22.5. The van der Waals surface area contributed by atoms with Crippen LogP contribution in [0.1, 0.15) is 33.6 Å². The molecular formula is C14H26N2O4. The highest BCUT2D eigenvalue weighted by Crippen LogP contribution is 2.16. The molecule has 1 aliphatic heterocycles. The van der Waals surface area contributed by atoms with E-state index in [4.69, 9.17) is 9.84 Å². The number of carboxylic acid groups (broad SMARTS) is 1. The molecular weight excluding hydrogens is 260 g/mol. The van der Waals surface area contributed by atoms with Crippen LogP contribution in [-0.4, -0.2) is 48.8 Å². The maximum atomic E-state index is 11.7. The molecule has 0 aromatic carbocycles. The maximum Gasteiger partial charge on any atom is 0.303 e. The van der Waals surface area contributed by atoms with E-state index in [1.54, 1.807) is 0 Å². The largest absolute Gasteiger partial charge is 0.481 e. The second kappa shape index (κ2) is 7.59. The van der Waals surface area contributed by atoms with Crippen molar-refractivity contribution in [1.82, 2.24) is 10.6 Å². The Hall–Kier alpha value is -1.14. The summed E-state index contributed by atoms with van der Waals surface area (Å²) in [5.41, 5.74) is -0.240. The molecule has 1 rings (SSSR count). The molecule has 1 fully saturated rings. The lowest BCUT2D eigenvalue weighted by Gasteiger charge is -2.38. The van der Waals surface area contributed by atoms with E-state index in [0.29, 0.717) is 12.5 Å². The van der Waals surface area contributed by atoms with Crippen LogP contribution in [0.2, 0.25) is 0 Å². The predicted molar refractivity (Wildman–Crippen MR) is 75.4 cm³/mol. The molecule has 0 radical (unpaired) electrons. The van der Waals surface area contributed by atoms with E-state index in [1.807, 2.05) is 20.8 Å². The predicted octanol–water partition coefficient (Wildman–Crippen LogP) is 0.618. The molecule has 20 heavy (non-hydrogen) atoms. The SMILES string of the molecule is CC(C)C[C@H](CNC(=O)COC1(C)CNC1)CC(=O)O. The van der Waals surface area contributed by atoms with E-state index in [9.17, 15) is 9.59 Å². The van der Waals surface area contributed by atoms with Gasteiger partial charge in [0.15, 0.2) is 0 Å². The summed E-state index contributed by atoms with van der Waals surface area (Å²) < 4.78 is 5.53. The van der Waals surface area contributed by atoms with E-state index in [1.165, 1.54) is 0 Å². The van der Waals surface area contributed by atoms with Crippen molar-refractivity contribution in [3.05, 3.63) is 0 Å². The first-order chi connectivity index (χ1) is 9.31. The Balaban J connectivity index is 2.26. The van der Waals surface area contributed by atoms with Crippen LogP contribution in [0, 0.1) is 11.8 Å². The van der Waals surface area contributed by atoms with Gasteiger partial charge in [-0.15, -0.1) is 0 Å². The third kappa shape index (κ3) is 6.34. The Morgan fingerprint density at radius 3 is 2.50 bits per heavy atom. The molecule has 0 bridgehead atoms. The first-order valence-electron chi connectivity index (χ1n) is 7.14. The summed E-state index contributed by atoms with van der Waals surface area (Å²) in [7, 11) is 0. The molecule has 6 heteroatoms. The Morgan fingerprint density at radius 1 is 1.40 bits per heavy atom.